The zero-order valence-electron chi connectivity index (χ0n) is 14.0. The van der Waals surface area contributed by atoms with E-state index < -0.39 is 5.60 Å². The van der Waals surface area contributed by atoms with Crippen LogP contribution in [-0.4, -0.2) is 31.1 Å². The number of aryl methyl sites for hydroxylation is 2. The predicted octanol–water partition coefficient (Wildman–Crippen LogP) is 3.90. The third kappa shape index (κ3) is 2.47. The number of rotatable bonds is 2. The van der Waals surface area contributed by atoms with Crippen molar-refractivity contribution in [2.24, 2.45) is 0 Å². The van der Waals surface area contributed by atoms with Crippen LogP contribution in [0, 0.1) is 13.8 Å². The van der Waals surface area contributed by atoms with E-state index >= 15 is 0 Å². The summed E-state index contributed by atoms with van der Waals surface area (Å²) in [5.41, 5.74) is 4.64. The zero-order valence-corrected chi connectivity index (χ0v) is 14.0. The van der Waals surface area contributed by atoms with Gasteiger partial charge in [0.25, 0.3) is 0 Å². The van der Waals surface area contributed by atoms with Gasteiger partial charge in [0.2, 0.25) is 0 Å². The van der Waals surface area contributed by atoms with E-state index in [4.69, 9.17) is 4.74 Å². The van der Waals surface area contributed by atoms with Crippen LogP contribution in [0.1, 0.15) is 29.2 Å². The van der Waals surface area contributed by atoms with Crippen molar-refractivity contribution in [1.82, 2.24) is 4.90 Å². The van der Waals surface area contributed by atoms with Crippen molar-refractivity contribution < 1.29 is 4.74 Å². The summed E-state index contributed by atoms with van der Waals surface area (Å²) < 4.78 is 6.49. The van der Waals surface area contributed by atoms with Crippen LogP contribution in [0.15, 0.2) is 48.5 Å². The molecule has 1 heterocycles. The highest BCUT2D eigenvalue weighted by Crippen LogP contribution is 2.41. The van der Waals surface area contributed by atoms with Crippen LogP contribution in [0.5, 0.6) is 0 Å². The maximum absolute atomic E-state index is 6.49. The Morgan fingerprint density at radius 3 is 2.05 bits per heavy atom. The monoisotopic (exact) mass is 295 g/mol. The minimum atomic E-state index is -0.398. The van der Waals surface area contributed by atoms with E-state index in [-0.39, 0.29) is 6.04 Å². The number of ether oxygens (including phenoxy) is 1. The van der Waals surface area contributed by atoms with Gasteiger partial charge in [0, 0.05) is 12.6 Å². The van der Waals surface area contributed by atoms with Crippen molar-refractivity contribution in [2.45, 2.75) is 32.4 Å². The molecule has 1 aliphatic heterocycles. The van der Waals surface area contributed by atoms with Gasteiger partial charge in [-0.3, -0.25) is 4.90 Å². The third-order valence-corrected chi connectivity index (χ3v) is 4.92. The van der Waals surface area contributed by atoms with Gasteiger partial charge in [-0.05, 0) is 38.9 Å². The quantitative estimate of drug-likeness (QED) is 0.833. The lowest BCUT2D eigenvalue weighted by molar-refractivity contribution is -0.116. The van der Waals surface area contributed by atoms with Crippen molar-refractivity contribution >= 4 is 0 Å². The molecule has 0 radical (unpaired) electrons. The molecule has 1 aliphatic rings. The molecule has 0 amide bonds. The Hall–Kier alpha value is -1.64. The Morgan fingerprint density at radius 1 is 1.00 bits per heavy atom. The molecular formula is C20H25NO. The summed E-state index contributed by atoms with van der Waals surface area (Å²) in [4.78, 5) is 2.40. The van der Waals surface area contributed by atoms with Gasteiger partial charge in [0.1, 0.15) is 5.60 Å². The Bertz CT molecular complexity index is 619. The van der Waals surface area contributed by atoms with E-state index in [1.165, 1.54) is 22.3 Å². The minimum absolute atomic E-state index is 0.282. The highest BCUT2D eigenvalue weighted by molar-refractivity contribution is 5.42. The molecule has 2 nitrogen and oxygen atoms in total. The average Bonchev–Trinajstić information content (AvgIpc) is 2.50. The first-order valence-corrected chi connectivity index (χ1v) is 8.02. The highest BCUT2D eigenvalue weighted by Gasteiger charge is 2.45. The minimum Gasteiger partial charge on any atom is -0.363 e. The van der Waals surface area contributed by atoms with E-state index in [9.17, 15) is 0 Å². The molecule has 0 saturated carbocycles. The topological polar surface area (TPSA) is 12.5 Å². The first-order chi connectivity index (χ1) is 10.5. The lowest BCUT2D eigenvalue weighted by atomic mass is 9.78. The summed E-state index contributed by atoms with van der Waals surface area (Å²) in [6.07, 6.45) is 0. The standard InChI is InChI=1S/C20H25NO/c1-15-7-5-9-18(13-15)20(17(3)21(4)11-12-22-20)19-10-6-8-16(2)14-19/h5-10,13-14,17H,11-12H2,1-4H3. The Kier molecular flexibility index (Phi) is 4.07. The van der Waals surface area contributed by atoms with Gasteiger partial charge in [0.15, 0.2) is 0 Å². The second-order valence-corrected chi connectivity index (χ2v) is 6.48. The Labute approximate surface area is 133 Å². The number of nitrogens with zero attached hydrogens (tertiary/aromatic N) is 1. The fraction of sp³-hybridized carbons (Fsp3) is 0.400. The molecule has 0 N–H and O–H groups in total. The lowest BCUT2D eigenvalue weighted by Crippen LogP contribution is -2.55. The van der Waals surface area contributed by atoms with Gasteiger partial charge < -0.3 is 4.74 Å². The molecule has 0 aliphatic carbocycles. The number of hydrogen-bond donors (Lipinski definition) is 0. The van der Waals surface area contributed by atoms with Gasteiger partial charge in [-0.2, -0.15) is 0 Å². The van der Waals surface area contributed by atoms with Crippen molar-refractivity contribution in [1.29, 1.82) is 0 Å². The molecule has 2 heteroatoms. The van der Waals surface area contributed by atoms with Crippen molar-refractivity contribution in [3.8, 4) is 0 Å². The smallest absolute Gasteiger partial charge is 0.133 e. The molecular weight excluding hydrogens is 270 g/mol. The van der Waals surface area contributed by atoms with E-state index in [2.05, 4.69) is 81.2 Å². The molecule has 22 heavy (non-hydrogen) atoms. The maximum atomic E-state index is 6.49. The molecule has 1 fully saturated rings. The van der Waals surface area contributed by atoms with Gasteiger partial charge in [-0.25, -0.2) is 0 Å². The van der Waals surface area contributed by atoms with Crippen molar-refractivity contribution in [2.75, 3.05) is 20.2 Å². The van der Waals surface area contributed by atoms with E-state index in [0.29, 0.717) is 0 Å². The highest BCUT2D eigenvalue weighted by atomic mass is 16.5. The molecule has 0 aromatic heterocycles. The number of likely N-dealkylation sites (N-methyl/N-ethyl adjacent to an activating group) is 1. The maximum Gasteiger partial charge on any atom is 0.133 e. The summed E-state index contributed by atoms with van der Waals surface area (Å²) in [6.45, 7) is 8.28. The fourth-order valence-electron chi connectivity index (χ4n) is 3.54. The molecule has 3 rings (SSSR count). The first-order valence-electron chi connectivity index (χ1n) is 8.02. The Balaban J connectivity index is 2.22. The molecule has 116 valence electrons. The van der Waals surface area contributed by atoms with Crippen LogP contribution < -0.4 is 0 Å². The Morgan fingerprint density at radius 2 is 1.55 bits per heavy atom. The lowest BCUT2D eigenvalue weighted by Gasteiger charge is -2.48. The van der Waals surface area contributed by atoms with Crippen LogP contribution in [0.4, 0.5) is 0 Å². The largest absolute Gasteiger partial charge is 0.363 e. The first kappa shape index (κ1) is 15.3. The average molecular weight is 295 g/mol. The summed E-state index contributed by atoms with van der Waals surface area (Å²) in [5.74, 6) is 0. The van der Waals surface area contributed by atoms with Gasteiger partial charge in [-0.1, -0.05) is 59.7 Å². The molecule has 1 saturated heterocycles. The van der Waals surface area contributed by atoms with E-state index in [1.54, 1.807) is 0 Å². The zero-order chi connectivity index (χ0) is 15.7. The number of hydrogen-bond acceptors (Lipinski definition) is 2. The van der Waals surface area contributed by atoms with Crippen LogP contribution in [-0.2, 0) is 10.3 Å². The van der Waals surface area contributed by atoms with Gasteiger partial charge >= 0.3 is 0 Å². The van der Waals surface area contributed by atoms with Crippen LogP contribution in [0.3, 0.4) is 0 Å². The molecule has 2 aromatic rings. The fourth-order valence-corrected chi connectivity index (χ4v) is 3.54. The third-order valence-electron chi connectivity index (χ3n) is 4.92. The van der Waals surface area contributed by atoms with Crippen molar-refractivity contribution in [3.05, 3.63) is 70.8 Å². The summed E-state index contributed by atoms with van der Waals surface area (Å²) in [5, 5.41) is 0. The molecule has 0 bridgehead atoms. The second kappa shape index (κ2) is 5.86. The number of benzene rings is 2. The SMILES string of the molecule is Cc1cccc(C2(c3cccc(C)c3)OCCN(C)C2C)c1. The molecule has 2 aromatic carbocycles. The summed E-state index contributed by atoms with van der Waals surface area (Å²) in [7, 11) is 2.19. The van der Waals surface area contributed by atoms with Crippen LogP contribution in [0.25, 0.3) is 0 Å². The van der Waals surface area contributed by atoms with E-state index in [1.807, 2.05) is 0 Å². The second-order valence-electron chi connectivity index (χ2n) is 6.48. The van der Waals surface area contributed by atoms with Crippen LogP contribution >= 0.6 is 0 Å². The predicted molar refractivity (Wildman–Crippen MR) is 91.2 cm³/mol. The normalized spacial score (nSPS) is 21.7. The molecule has 1 unspecified atom stereocenters. The summed E-state index contributed by atoms with van der Waals surface area (Å²) in [6, 6.07) is 17.8. The summed E-state index contributed by atoms with van der Waals surface area (Å²) >= 11 is 0. The van der Waals surface area contributed by atoms with E-state index in [0.717, 1.165) is 13.2 Å². The van der Waals surface area contributed by atoms with Gasteiger partial charge in [0.05, 0.1) is 6.61 Å². The molecule has 0 spiro atoms. The number of morpholine rings is 1. The van der Waals surface area contributed by atoms with Gasteiger partial charge in [-0.15, -0.1) is 0 Å². The van der Waals surface area contributed by atoms with Crippen LogP contribution in [0.2, 0.25) is 0 Å². The molecule has 1 atom stereocenters. The van der Waals surface area contributed by atoms with Crippen molar-refractivity contribution in [3.63, 3.8) is 0 Å².